The molecule has 0 unspecified atom stereocenters. The average molecular weight is 487 g/mol. The molecule has 8 nitrogen and oxygen atoms in total. The van der Waals surface area contributed by atoms with Crippen LogP contribution in [0.5, 0.6) is 5.75 Å². The lowest BCUT2D eigenvalue weighted by Gasteiger charge is -2.28. The molecule has 1 aliphatic rings. The number of hydrogen-bond donors (Lipinski definition) is 1. The molecule has 4 rings (SSSR count). The van der Waals surface area contributed by atoms with Gasteiger partial charge in [-0.15, -0.1) is 11.3 Å². The minimum atomic E-state index is -0.627. The largest absolute Gasteiger partial charge is 0.489 e. The number of thiazole rings is 1. The summed E-state index contributed by atoms with van der Waals surface area (Å²) in [6.07, 6.45) is 3.28. The third-order valence-corrected chi connectivity index (χ3v) is 6.35. The van der Waals surface area contributed by atoms with E-state index in [2.05, 4.69) is 15.0 Å². The minimum absolute atomic E-state index is 0.0632. The van der Waals surface area contributed by atoms with E-state index >= 15 is 0 Å². The molecule has 0 bridgehead atoms. The van der Waals surface area contributed by atoms with Crippen molar-refractivity contribution < 1.29 is 18.7 Å². The molecule has 1 fully saturated rings. The van der Waals surface area contributed by atoms with E-state index in [1.54, 1.807) is 23.2 Å². The van der Waals surface area contributed by atoms with Gasteiger partial charge < -0.3 is 14.5 Å². The molecule has 0 saturated carbocycles. The minimum Gasteiger partial charge on any atom is -0.489 e. The number of aromatic nitrogens is 3. The van der Waals surface area contributed by atoms with Gasteiger partial charge in [-0.1, -0.05) is 12.1 Å². The highest BCUT2D eigenvalue weighted by atomic mass is 32.1. The summed E-state index contributed by atoms with van der Waals surface area (Å²) in [5.41, 5.74) is 0.210. The second-order valence-electron chi connectivity index (χ2n) is 9.10. The highest BCUT2D eigenvalue weighted by Crippen LogP contribution is 2.35. The molecule has 34 heavy (non-hydrogen) atoms. The Labute approximate surface area is 200 Å². The highest BCUT2D eigenvalue weighted by molar-refractivity contribution is 7.15. The van der Waals surface area contributed by atoms with Crippen LogP contribution in [0.15, 0.2) is 35.3 Å². The molecule has 0 aliphatic carbocycles. The Hall–Kier alpha value is -3.27. The quantitative estimate of drug-likeness (QED) is 0.561. The molecule has 10 heteroatoms. The first-order valence-electron chi connectivity index (χ1n) is 11.0. The van der Waals surface area contributed by atoms with E-state index in [0.29, 0.717) is 35.9 Å². The predicted molar refractivity (Wildman–Crippen MR) is 127 cm³/mol. The molecule has 0 spiro atoms. The summed E-state index contributed by atoms with van der Waals surface area (Å²) < 4.78 is 24.1. The Bertz CT molecular complexity index is 1230. The SMILES string of the molecule is COc1c(-c2ncc(Cc3ccc(F)cc3)s2)nc([C@H]2CCCN2C(=O)OC(C)(C)C)[nH]c1=O. The van der Waals surface area contributed by atoms with Gasteiger partial charge in [0.1, 0.15) is 27.9 Å². The van der Waals surface area contributed by atoms with Crippen LogP contribution in [0.1, 0.15) is 55.9 Å². The molecule has 1 amide bonds. The fourth-order valence-corrected chi connectivity index (χ4v) is 4.80. The number of H-pyrrole nitrogens is 1. The van der Waals surface area contributed by atoms with Gasteiger partial charge in [0.05, 0.1) is 13.2 Å². The molecule has 3 aromatic rings. The van der Waals surface area contributed by atoms with Crippen molar-refractivity contribution in [3.8, 4) is 16.5 Å². The Morgan fingerprint density at radius 3 is 2.71 bits per heavy atom. The Kier molecular flexibility index (Phi) is 6.70. The van der Waals surface area contributed by atoms with Crippen LogP contribution < -0.4 is 10.3 Å². The number of carbonyl (C=O) groups is 1. The first-order chi connectivity index (χ1) is 16.1. The lowest BCUT2D eigenvalue weighted by Crippen LogP contribution is -2.37. The van der Waals surface area contributed by atoms with Gasteiger partial charge in [0, 0.05) is 24.0 Å². The number of ether oxygens (including phenoxy) is 2. The van der Waals surface area contributed by atoms with Crippen LogP contribution in [-0.4, -0.2) is 45.2 Å². The summed E-state index contributed by atoms with van der Waals surface area (Å²) in [5.74, 6) is 0.152. The van der Waals surface area contributed by atoms with Gasteiger partial charge >= 0.3 is 6.09 Å². The lowest BCUT2D eigenvalue weighted by molar-refractivity contribution is 0.0218. The molecule has 1 saturated heterocycles. The van der Waals surface area contributed by atoms with Crippen molar-refractivity contribution in [3.05, 3.63) is 62.9 Å². The second-order valence-corrected chi connectivity index (χ2v) is 10.2. The number of halogens is 1. The van der Waals surface area contributed by atoms with Gasteiger partial charge in [-0.3, -0.25) is 9.69 Å². The van der Waals surface area contributed by atoms with Gasteiger partial charge in [-0.25, -0.2) is 19.2 Å². The zero-order chi connectivity index (χ0) is 24.5. The number of nitrogens with one attached hydrogen (secondary N) is 1. The number of benzene rings is 1. The van der Waals surface area contributed by atoms with Crippen molar-refractivity contribution in [2.45, 2.75) is 51.7 Å². The van der Waals surface area contributed by atoms with Crippen LogP contribution in [-0.2, 0) is 11.2 Å². The summed E-state index contributed by atoms with van der Waals surface area (Å²) >= 11 is 1.38. The molecule has 1 aromatic carbocycles. The van der Waals surface area contributed by atoms with Crippen molar-refractivity contribution in [3.63, 3.8) is 0 Å². The van der Waals surface area contributed by atoms with E-state index in [4.69, 9.17) is 9.47 Å². The van der Waals surface area contributed by atoms with Gasteiger partial charge in [0.25, 0.3) is 5.56 Å². The van der Waals surface area contributed by atoms with E-state index < -0.39 is 23.3 Å². The molecule has 1 N–H and O–H groups in total. The standard InChI is InChI=1S/C24H27FN4O4S/c1-24(2,3)33-23(31)29-11-5-6-17(29)20-27-18(19(32-4)21(30)28-20)22-26-13-16(34-22)12-14-7-9-15(25)10-8-14/h7-10,13,17H,5-6,11-12H2,1-4H3,(H,27,28,30)/t17-/m1/s1. The number of amides is 1. The van der Waals surface area contributed by atoms with Gasteiger partial charge in [-0.05, 0) is 51.3 Å². The van der Waals surface area contributed by atoms with Crippen LogP contribution in [0.4, 0.5) is 9.18 Å². The van der Waals surface area contributed by atoms with Gasteiger partial charge in [0.15, 0.2) is 0 Å². The van der Waals surface area contributed by atoms with Crippen LogP contribution in [0, 0.1) is 5.82 Å². The normalized spacial score (nSPS) is 16.0. The predicted octanol–water partition coefficient (Wildman–Crippen LogP) is 4.70. The third kappa shape index (κ3) is 5.27. The molecule has 3 heterocycles. The van der Waals surface area contributed by atoms with E-state index in [9.17, 15) is 14.0 Å². The molecule has 180 valence electrons. The summed E-state index contributed by atoms with van der Waals surface area (Å²) in [7, 11) is 1.41. The monoisotopic (exact) mass is 486 g/mol. The average Bonchev–Trinajstić information content (AvgIpc) is 3.43. The van der Waals surface area contributed by atoms with Crippen molar-refractivity contribution in [2.24, 2.45) is 0 Å². The molecule has 2 aromatic heterocycles. The number of likely N-dealkylation sites (tertiary alicyclic amines) is 1. The summed E-state index contributed by atoms with van der Waals surface area (Å²) in [6, 6.07) is 5.88. The summed E-state index contributed by atoms with van der Waals surface area (Å²) in [5, 5.41) is 0.531. The van der Waals surface area contributed by atoms with E-state index in [-0.39, 0.29) is 11.6 Å². The summed E-state index contributed by atoms with van der Waals surface area (Å²) in [6.45, 7) is 5.96. The van der Waals surface area contributed by atoms with E-state index in [1.807, 2.05) is 20.8 Å². The molecule has 1 aliphatic heterocycles. The third-order valence-electron chi connectivity index (χ3n) is 5.34. The van der Waals surface area contributed by atoms with Crippen LogP contribution in [0.25, 0.3) is 10.7 Å². The topological polar surface area (TPSA) is 97.4 Å². The molecular formula is C24H27FN4O4S. The fraction of sp³-hybridized carbons (Fsp3) is 0.417. The molecule has 0 radical (unpaired) electrons. The van der Waals surface area contributed by atoms with Crippen molar-refractivity contribution >= 4 is 17.4 Å². The first kappa shape index (κ1) is 23.9. The zero-order valence-corrected chi connectivity index (χ0v) is 20.4. The number of nitrogens with zero attached hydrogens (tertiary/aromatic N) is 3. The number of rotatable bonds is 5. The maximum atomic E-state index is 13.2. The van der Waals surface area contributed by atoms with Crippen LogP contribution >= 0.6 is 11.3 Å². The Balaban J connectivity index is 1.65. The maximum Gasteiger partial charge on any atom is 0.410 e. The Morgan fingerprint density at radius 1 is 1.29 bits per heavy atom. The van der Waals surface area contributed by atoms with Crippen molar-refractivity contribution in [1.82, 2.24) is 19.9 Å². The van der Waals surface area contributed by atoms with Gasteiger partial charge in [0.2, 0.25) is 5.75 Å². The zero-order valence-electron chi connectivity index (χ0n) is 19.6. The fourth-order valence-electron chi connectivity index (χ4n) is 3.86. The molecular weight excluding hydrogens is 459 g/mol. The number of aromatic amines is 1. The first-order valence-corrected chi connectivity index (χ1v) is 11.8. The molecule has 1 atom stereocenters. The van der Waals surface area contributed by atoms with Crippen molar-refractivity contribution in [2.75, 3.05) is 13.7 Å². The highest BCUT2D eigenvalue weighted by Gasteiger charge is 2.35. The number of methoxy groups -OCH3 is 1. The number of hydrogen-bond acceptors (Lipinski definition) is 7. The maximum absolute atomic E-state index is 13.2. The second kappa shape index (κ2) is 9.54. The summed E-state index contributed by atoms with van der Waals surface area (Å²) in [4.78, 5) is 40.0. The Morgan fingerprint density at radius 2 is 2.03 bits per heavy atom. The lowest BCUT2D eigenvalue weighted by atomic mass is 10.1. The van der Waals surface area contributed by atoms with E-state index in [1.165, 1.54) is 30.6 Å². The van der Waals surface area contributed by atoms with E-state index in [0.717, 1.165) is 16.9 Å². The van der Waals surface area contributed by atoms with Gasteiger partial charge in [-0.2, -0.15) is 0 Å². The van der Waals surface area contributed by atoms with Crippen LogP contribution in [0.3, 0.4) is 0 Å². The number of carbonyl (C=O) groups excluding carboxylic acids is 1. The smallest absolute Gasteiger partial charge is 0.410 e. The van der Waals surface area contributed by atoms with Crippen LogP contribution in [0.2, 0.25) is 0 Å². The van der Waals surface area contributed by atoms with Crippen molar-refractivity contribution in [1.29, 1.82) is 0 Å².